The van der Waals surface area contributed by atoms with Gasteiger partial charge in [0.05, 0.1) is 12.9 Å². The standard InChI is InChI=1S/C9H16O4/c1-11-9(12-2)8(10)7-4-3-5-13-6-7/h6,8-10H,3-5H2,1-2H3. The smallest absolute Gasteiger partial charge is 0.186 e. The zero-order chi connectivity index (χ0) is 9.68. The summed E-state index contributed by atoms with van der Waals surface area (Å²) in [6, 6.07) is 0. The minimum absolute atomic E-state index is 0.604. The first-order valence-corrected chi connectivity index (χ1v) is 4.33. The van der Waals surface area contributed by atoms with E-state index in [9.17, 15) is 5.11 Å². The number of aliphatic hydroxyl groups is 1. The molecule has 0 amide bonds. The fraction of sp³-hybridized carbons (Fsp3) is 0.778. The van der Waals surface area contributed by atoms with Crippen molar-refractivity contribution in [1.29, 1.82) is 0 Å². The average molecular weight is 188 g/mol. The third-order valence-corrected chi connectivity index (χ3v) is 2.06. The van der Waals surface area contributed by atoms with Crippen LogP contribution in [0.25, 0.3) is 0 Å². The van der Waals surface area contributed by atoms with Gasteiger partial charge in [0.2, 0.25) is 0 Å². The van der Waals surface area contributed by atoms with Gasteiger partial charge < -0.3 is 19.3 Å². The lowest BCUT2D eigenvalue weighted by Gasteiger charge is -2.24. The highest BCUT2D eigenvalue weighted by molar-refractivity contribution is 5.07. The average Bonchev–Trinajstić information content (AvgIpc) is 2.21. The molecule has 1 N–H and O–H groups in total. The fourth-order valence-corrected chi connectivity index (χ4v) is 1.33. The molecule has 0 aromatic carbocycles. The molecule has 1 atom stereocenters. The first-order valence-electron chi connectivity index (χ1n) is 4.33. The van der Waals surface area contributed by atoms with Crippen molar-refractivity contribution >= 4 is 0 Å². The number of hydrogen-bond donors (Lipinski definition) is 1. The maximum Gasteiger partial charge on any atom is 0.186 e. The van der Waals surface area contributed by atoms with Crippen LogP contribution >= 0.6 is 0 Å². The molecule has 1 rings (SSSR count). The van der Waals surface area contributed by atoms with E-state index in [0.717, 1.165) is 25.0 Å². The van der Waals surface area contributed by atoms with E-state index in [1.807, 2.05) is 0 Å². The van der Waals surface area contributed by atoms with Crippen LogP contribution in [0.4, 0.5) is 0 Å². The molecule has 1 unspecified atom stereocenters. The Morgan fingerprint density at radius 2 is 2.15 bits per heavy atom. The Labute approximate surface area is 78.1 Å². The van der Waals surface area contributed by atoms with E-state index in [2.05, 4.69) is 0 Å². The summed E-state index contributed by atoms with van der Waals surface area (Å²) < 4.78 is 15.0. The van der Waals surface area contributed by atoms with E-state index >= 15 is 0 Å². The summed E-state index contributed by atoms with van der Waals surface area (Å²) in [6.45, 7) is 0.723. The highest BCUT2D eigenvalue weighted by Crippen LogP contribution is 2.19. The Morgan fingerprint density at radius 3 is 2.62 bits per heavy atom. The molecule has 4 nitrogen and oxygen atoms in total. The molecule has 0 aliphatic carbocycles. The first kappa shape index (κ1) is 10.5. The summed E-state index contributed by atoms with van der Waals surface area (Å²) in [5, 5.41) is 9.74. The van der Waals surface area contributed by atoms with E-state index in [4.69, 9.17) is 14.2 Å². The molecule has 13 heavy (non-hydrogen) atoms. The normalized spacial score (nSPS) is 19.5. The zero-order valence-electron chi connectivity index (χ0n) is 8.03. The van der Waals surface area contributed by atoms with Gasteiger partial charge in [-0.15, -0.1) is 0 Å². The third kappa shape index (κ3) is 2.69. The van der Waals surface area contributed by atoms with Crippen molar-refractivity contribution in [2.45, 2.75) is 25.2 Å². The topological polar surface area (TPSA) is 47.9 Å². The largest absolute Gasteiger partial charge is 0.501 e. The molecule has 0 bridgehead atoms. The zero-order valence-corrected chi connectivity index (χ0v) is 8.03. The van der Waals surface area contributed by atoms with Gasteiger partial charge in [-0.2, -0.15) is 0 Å². The second-order valence-corrected chi connectivity index (χ2v) is 2.95. The van der Waals surface area contributed by atoms with E-state index in [1.54, 1.807) is 6.26 Å². The van der Waals surface area contributed by atoms with Gasteiger partial charge in [-0.05, 0) is 18.4 Å². The van der Waals surface area contributed by atoms with Crippen molar-refractivity contribution in [3.63, 3.8) is 0 Å². The molecule has 1 heterocycles. The summed E-state index contributed by atoms with van der Waals surface area (Å²) in [6.07, 6.45) is 2.04. The molecule has 0 aromatic heterocycles. The summed E-state index contributed by atoms with van der Waals surface area (Å²) in [5.41, 5.74) is 0.833. The molecule has 1 aliphatic rings. The summed E-state index contributed by atoms with van der Waals surface area (Å²) >= 11 is 0. The fourth-order valence-electron chi connectivity index (χ4n) is 1.33. The maximum absolute atomic E-state index is 9.74. The molecular weight excluding hydrogens is 172 g/mol. The Bertz CT molecular complexity index is 174. The lowest BCUT2D eigenvalue weighted by atomic mass is 10.0. The van der Waals surface area contributed by atoms with Gasteiger partial charge in [0, 0.05) is 14.2 Å². The van der Waals surface area contributed by atoms with Crippen molar-refractivity contribution in [1.82, 2.24) is 0 Å². The lowest BCUT2D eigenvalue weighted by molar-refractivity contribution is -0.154. The number of hydrogen-bond acceptors (Lipinski definition) is 4. The molecule has 0 fully saturated rings. The van der Waals surface area contributed by atoms with Crippen LogP contribution in [0.2, 0.25) is 0 Å². The molecule has 0 spiro atoms. The minimum Gasteiger partial charge on any atom is -0.501 e. The summed E-state index contributed by atoms with van der Waals surface area (Å²) in [4.78, 5) is 0. The molecule has 0 aromatic rings. The minimum atomic E-state index is -0.727. The van der Waals surface area contributed by atoms with Crippen LogP contribution in [-0.4, -0.2) is 38.3 Å². The predicted octanol–water partition coefficient (Wildman–Crippen LogP) is 0.660. The van der Waals surface area contributed by atoms with E-state index in [-0.39, 0.29) is 0 Å². The van der Waals surface area contributed by atoms with Gasteiger partial charge in [0.25, 0.3) is 0 Å². The Kier molecular flexibility index (Phi) is 4.21. The monoisotopic (exact) mass is 188 g/mol. The van der Waals surface area contributed by atoms with Gasteiger partial charge in [-0.25, -0.2) is 0 Å². The number of methoxy groups -OCH3 is 2. The van der Waals surface area contributed by atoms with Gasteiger partial charge in [0.15, 0.2) is 6.29 Å². The Morgan fingerprint density at radius 1 is 1.46 bits per heavy atom. The second-order valence-electron chi connectivity index (χ2n) is 2.95. The molecular formula is C9H16O4. The van der Waals surface area contributed by atoms with Gasteiger partial charge in [0.1, 0.15) is 6.10 Å². The van der Waals surface area contributed by atoms with Crippen molar-refractivity contribution < 1.29 is 19.3 Å². The highest BCUT2D eigenvalue weighted by Gasteiger charge is 2.23. The molecule has 1 aliphatic heterocycles. The summed E-state index contributed by atoms with van der Waals surface area (Å²) in [5.74, 6) is 0. The van der Waals surface area contributed by atoms with Crippen molar-refractivity contribution in [2.75, 3.05) is 20.8 Å². The quantitative estimate of drug-likeness (QED) is 0.658. The Hall–Kier alpha value is -0.580. The van der Waals surface area contributed by atoms with Gasteiger partial charge >= 0.3 is 0 Å². The van der Waals surface area contributed by atoms with E-state index < -0.39 is 12.4 Å². The molecule has 0 saturated heterocycles. The second kappa shape index (κ2) is 5.21. The number of ether oxygens (including phenoxy) is 3. The van der Waals surface area contributed by atoms with Crippen LogP contribution in [0.15, 0.2) is 11.8 Å². The molecule has 4 heteroatoms. The van der Waals surface area contributed by atoms with Crippen LogP contribution in [0.3, 0.4) is 0 Å². The molecule has 0 radical (unpaired) electrons. The maximum atomic E-state index is 9.74. The van der Waals surface area contributed by atoms with E-state index in [0.29, 0.717) is 0 Å². The Balaban J connectivity index is 2.53. The first-order chi connectivity index (χ1) is 6.29. The highest BCUT2D eigenvalue weighted by atomic mass is 16.7. The van der Waals surface area contributed by atoms with Crippen LogP contribution in [0, 0.1) is 0 Å². The SMILES string of the molecule is COC(OC)C(O)C1=COCCC1. The van der Waals surface area contributed by atoms with Crippen LogP contribution in [0.1, 0.15) is 12.8 Å². The van der Waals surface area contributed by atoms with Crippen LogP contribution in [0.5, 0.6) is 0 Å². The van der Waals surface area contributed by atoms with Crippen LogP contribution in [-0.2, 0) is 14.2 Å². The van der Waals surface area contributed by atoms with Gasteiger partial charge in [-0.1, -0.05) is 0 Å². The predicted molar refractivity (Wildman–Crippen MR) is 47.1 cm³/mol. The summed E-state index contributed by atoms with van der Waals surface area (Å²) in [7, 11) is 3.00. The number of rotatable bonds is 4. The van der Waals surface area contributed by atoms with Crippen molar-refractivity contribution in [2.24, 2.45) is 0 Å². The third-order valence-electron chi connectivity index (χ3n) is 2.06. The number of aliphatic hydroxyl groups excluding tert-OH is 1. The molecule has 0 saturated carbocycles. The van der Waals surface area contributed by atoms with E-state index in [1.165, 1.54) is 14.2 Å². The van der Waals surface area contributed by atoms with Crippen molar-refractivity contribution in [3.05, 3.63) is 11.8 Å². The van der Waals surface area contributed by atoms with Crippen molar-refractivity contribution in [3.8, 4) is 0 Å². The van der Waals surface area contributed by atoms with Crippen LogP contribution < -0.4 is 0 Å². The molecule has 76 valence electrons. The lowest BCUT2D eigenvalue weighted by Crippen LogP contribution is -2.32. The van der Waals surface area contributed by atoms with Gasteiger partial charge in [-0.3, -0.25) is 0 Å².